The number of sulfone groups is 1. The van der Waals surface area contributed by atoms with Crippen molar-refractivity contribution in [3.8, 4) is 0 Å². The Morgan fingerprint density at radius 3 is 2.65 bits per heavy atom. The zero-order valence-corrected chi connectivity index (χ0v) is 18.5. The average Bonchev–Trinajstić information content (AvgIpc) is 3.00. The van der Waals surface area contributed by atoms with Crippen LogP contribution >= 0.6 is 11.3 Å². The Morgan fingerprint density at radius 1 is 1.46 bits per heavy atom. The predicted molar refractivity (Wildman–Crippen MR) is 109 cm³/mol. The van der Waals surface area contributed by atoms with Crippen LogP contribution in [0.4, 0.5) is 0 Å². The molecular weight excluding hydrogens is 372 g/mol. The first-order chi connectivity index (χ1) is 12.0. The number of thiazole rings is 1. The lowest BCUT2D eigenvalue weighted by Crippen LogP contribution is -2.39. The number of nitrogens with one attached hydrogen (secondary N) is 1. The lowest BCUT2D eigenvalue weighted by molar-refractivity contribution is 0.119. The lowest BCUT2D eigenvalue weighted by Gasteiger charge is -2.22. The van der Waals surface area contributed by atoms with Crippen molar-refractivity contribution in [2.75, 3.05) is 33.0 Å². The number of hydrogen-bond donors (Lipinski definition) is 1. The molecule has 0 saturated carbocycles. The Balaban J connectivity index is 2.77. The Hall–Kier alpha value is -1.19. The molecule has 150 valence electrons. The smallest absolute Gasteiger partial charge is 0.194 e. The SMILES string of the molecule is CCNC(=NCCS(=O)(=O)C(C)(C)C)N(C)Cc1csc(C(C)OC)n1. The second-order valence-corrected chi connectivity index (χ2v) is 10.8. The van der Waals surface area contributed by atoms with Crippen molar-refractivity contribution in [3.05, 3.63) is 16.1 Å². The van der Waals surface area contributed by atoms with E-state index in [0.29, 0.717) is 19.0 Å². The summed E-state index contributed by atoms with van der Waals surface area (Å²) < 4.78 is 29.0. The van der Waals surface area contributed by atoms with Crippen molar-refractivity contribution in [2.45, 2.75) is 52.0 Å². The summed E-state index contributed by atoms with van der Waals surface area (Å²) in [5.41, 5.74) is 0.935. The summed E-state index contributed by atoms with van der Waals surface area (Å²) in [6, 6.07) is 0. The van der Waals surface area contributed by atoms with Crippen LogP contribution in [-0.4, -0.2) is 62.0 Å². The number of aliphatic imine (C=N–C) groups is 1. The largest absolute Gasteiger partial charge is 0.375 e. The van der Waals surface area contributed by atoms with Crippen molar-refractivity contribution in [2.24, 2.45) is 4.99 Å². The highest BCUT2D eigenvalue weighted by molar-refractivity contribution is 7.92. The molecule has 9 heteroatoms. The van der Waals surface area contributed by atoms with Gasteiger partial charge in [-0.05, 0) is 34.6 Å². The number of hydrogen-bond acceptors (Lipinski definition) is 6. The molecule has 7 nitrogen and oxygen atoms in total. The fraction of sp³-hybridized carbons (Fsp3) is 0.765. The number of guanidine groups is 1. The first kappa shape index (κ1) is 22.9. The van der Waals surface area contributed by atoms with Crippen LogP contribution in [0, 0.1) is 0 Å². The van der Waals surface area contributed by atoms with Gasteiger partial charge in [0.2, 0.25) is 0 Å². The molecule has 0 radical (unpaired) electrons. The molecule has 0 aromatic carbocycles. The average molecular weight is 405 g/mol. The number of methoxy groups -OCH3 is 1. The van der Waals surface area contributed by atoms with Crippen molar-refractivity contribution in [3.63, 3.8) is 0 Å². The highest BCUT2D eigenvalue weighted by atomic mass is 32.2. The first-order valence-electron chi connectivity index (χ1n) is 8.70. The van der Waals surface area contributed by atoms with Gasteiger partial charge in [0, 0.05) is 26.1 Å². The maximum absolute atomic E-state index is 12.2. The van der Waals surface area contributed by atoms with Gasteiger partial charge >= 0.3 is 0 Å². The molecule has 26 heavy (non-hydrogen) atoms. The van der Waals surface area contributed by atoms with Crippen LogP contribution in [0.5, 0.6) is 0 Å². The maximum Gasteiger partial charge on any atom is 0.194 e. The number of rotatable bonds is 8. The fourth-order valence-corrected chi connectivity index (χ4v) is 3.83. The molecule has 0 spiro atoms. The first-order valence-corrected chi connectivity index (χ1v) is 11.2. The molecule has 1 aromatic rings. The minimum Gasteiger partial charge on any atom is -0.375 e. The normalized spacial score (nSPS) is 14.3. The van der Waals surface area contributed by atoms with Crippen LogP contribution in [0.3, 0.4) is 0 Å². The third kappa shape index (κ3) is 6.51. The topological polar surface area (TPSA) is 83.9 Å². The Bertz CT molecular complexity index is 693. The van der Waals surface area contributed by atoms with Crippen molar-refractivity contribution in [1.82, 2.24) is 15.2 Å². The molecule has 1 rings (SSSR count). The molecule has 0 bridgehead atoms. The number of ether oxygens (including phenoxy) is 1. The summed E-state index contributed by atoms with van der Waals surface area (Å²) in [5, 5.41) is 6.15. The Morgan fingerprint density at radius 2 is 2.12 bits per heavy atom. The third-order valence-corrected chi connectivity index (χ3v) is 7.56. The molecule has 0 aliphatic heterocycles. The van der Waals surface area contributed by atoms with Gasteiger partial charge in [-0.1, -0.05) is 0 Å². The van der Waals surface area contributed by atoms with Crippen molar-refractivity contribution < 1.29 is 13.2 Å². The van der Waals surface area contributed by atoms with Crippen LogP contribution in [0.25, 0.3) is 0 Å². The van der Waals surface area contributed by atoms with E-state index in [1.165, 1.54) is 0 Å². The van der Waals surface area contributed by atoms with Gasteiger partial charge in [0.1, 0.15) is 11.1 Å². The van der Waals surface area contributed by atoms with Gasteiger partial charge in [-0.3, -0.25) is 4.99 Å². The van der Waals surface area contributed by atoms with E-state index in [0.717, 1.165) is 10.7 Å². The van der Waals surface area contributed by atoms with E-state index >= 15 is 0 Å². The van der Waals surface area contributed by atoms with Gasteiger partial charge in [-0.15, -0.1) is 11.3 Å². The van der Waals surface area contributed by atoms with Crippen LogP contribution in [0.15, 0.2) is 10.4 Å². The molecule has 0 amide bonds. The van der Waals surface area contributed by atoms with E-state index in [9.17, 15) is 8.42 Å². The predicted octanol–water partition coefficient (Wildman–Crippen LogP) is 2.46. The molecule has 0 saturated heterocycles. The standard InChI is InChI=1S/C17H32N4O3S2/c1-8-18-16(19-9-10-26(22,23)17(3,4)5)21(6)11-14-12-25-15(20-14)13(2)24-7/h12-13H,8-11H2,1-7H3,(H,18,19). The minimum atomic E-state index is -3.18. The van der Waals surface area contributed by atoms with Crippen LogP contribution in [0.1, 0.15) is 51.4 Å². The van der Waals surface area contributed by atoms with Gasteiger partial charge in [0.05, 0.1) is 29.3 Å². The second kappa shape index (κ2) is 9.66. The summed E-state index contributed by atoms with van der Waals surface area (Å²) in [6.45, 7) is 10.6. The molecule has 0 fully saturated rings. The zero-order valence-electron chi connectivity index (χ0n) is 16.9. The monoisotopic (exact) mass is 404 g/mol. The minimum absolute atomic E-state index is 0.0245. The van der Waals surface area contributed by atoms with E-state index in [-0.39, 0.29) is 18.4 Å². The quantitative estimate of drug-likeness (QED) is 0.529. The summed E-state index contributed by atoms with van der Waals surface area (Å²) >= 11 is 1.57. The van der Waals surface area contributed by atoms with Gasteiger partial charge < -0.3 is 15.0 Å². The number of aromatic nitrogens is 1. The van der Waals surface area contributed by atoms with Gasteiger partial charge in [0.25, 0.3) is 0 Å². The molecule has 1 unspecified atom stereocenters. The van der Waals surface area contributed by atoms with E-state index in [2.05, 4.69) is 15.3 Å². The summed E-state index contributed by atoms with van der Waals surface area (Å²) in [5.74, 6) is 0.705. The maximum atomic E-state index is 12.2. The number of nitrogens with zero attached hydrogens (tertiary/aromatic N) is 3. The van der Waals surface area contributed by atoms with E-state index in [1.807, 2.05) is 31.2 Å². The van der Waals surface area contributed by atoms with Gasteiger partial charge in [0.15, 0.2) is 15.8 Å². The fourth-order valence-electron chi connectivity index (χ4n) is 2.05. The zero-order chi connectivity index (χ0) is 20.0. The second-order valence-electron chi connectivity index (χ2n) is 7.08. The molecular formula is C17H32N4O3S2. The highest BCUT2D eigenvalue weighted by Crippen LogP contribution is 2.21. The summed E-state index contributed by atoms with van der Waals surface area (Å²) in [6.07, 6.45) is -0.0245. The molecule has 0 aliphatic carbocycles. The molecule has 1 heterocycles. The van der Waals surface area contributed by atoms with Crippen LogP contribution in [0.2, 0.25) is 0 Å². The molecule has 0 aliphatic rings. The molecule has 1 atom stereocenters. The molecule has 1 N–H and O–H groups in total. The van der Waals surface area contributed by atoms with Crippen LogP contribution in [-0.2, 0) is 21.1 Å². The van der Waals surface area contributed by atoms with E-state index in [1.54, 1.807) is 39.2 Å². The third-order valence-electron chi connectivity index (χ3n) is 3.92. The van der Waals surface area contributed by atoms with E-state index < -0.39 is 14.6 Å². The van der Waals surface area contributed by atoms with Gasteiger partial charge in [-0.2, -0.15) is 0 Å². The van der Waals surface area contributed by atoms with E-state index in [4.69, 9.17) is 4.74 Å². The highest BCUT2D eigenvalue weighted by Gasteiger charge is 2.28. The van der Waals surface area contributed by atoms with Crippen molar-refractivity contribution in [1.29, 1.82) is 0 Å². The Kier molecular flexibility index (Phi) is 8.49. The Labute approximate surface area is 161 Å². The molecule has 1 aromatic heterocycles. The van der Waals surface area contributed by atoms with Gasteiger partial charge in [-0.25, -0.2) is 13.4 Å². The van der Waals surface area contributed by atoms with Crippen LogP contribution < -0.4 is 5.32 Å². The lowest BCUT2D eigenvalue weighted by atomic mass is 10.3. The summed E-state index contributed by atoms with van der Waals surface area (Å²) in [7, 11) is 0.401. The summed E-state index contributed by atoms with van der Waals surface area (Å²) in [4.78, 5) is 11.0. The van der Waals surface area contributed by atoms with Crippen molar-refractivity contribution >= 4 is 27.1 Å².